The Labute approximate surface area is 77.8 Å². The van der Waals surface area contributed by atoms with Crippen LogP contribution in [0.4, 0.5) is 0 Å². The van der Waals surface area contributed by atoms with E-state index in [4.69, 9.17) is 0 Å². The number of nitrogens with zero attached hydrogens (tertiary/aromatic N) is 1. The summed E-state index contributed by atoms with van der Waals surface area (Å²) < 4.78 is 4.60. The molecule has 1 aliphatic heterocycles. The average molecular weight is 185 g/mol. The van der Waals surface area contributed by atoms with Crippen molar-refractivity contribution in [1.82, 2.24) is 4.90 Å². The third-order valence-electron chi connectivity index (χ3n) is 2.44. The van der Waals surface area contributed by atoms with Crippen LogP contribution in [-0.4, -0.2) is 37.0 Å². The van der Waals surface area contributed by atoms with Crippen molar-refractivity contribution in [3.8, 4) is 0 Å². The highest BCUT2D eigenvalue weighted by Crippen LogP contribution is 2.18. The van der Waals surface area contributed by atoms with Gasteiger partial charge in [-0.05, 0) is 13.3 Å². The van der Waals surface area contributed by atoms with Gasteiger partial charge in [0.15, 0.2) is 0 Å². The molecule has 1 fully saturated rings. The minimum absolute atomic E-state index is 0.0594. The largest absolute Gasteiger partial charge is 0.469 e. The average Bonchev–Trinajstić information content (AvgIpc) is 2.16. The fourth-order valence-corrected chi connectivity index (χ4v) is 1.58. The number of hydrogen-bond acceptors (Lipinski definition) is 3. The first-order valence-electron chi connectivity index (χ1n) is 4.54. The second kappa shape index (κ2) is 4.25. The Morgan fingerprint density at radius 2 is 2.38 bits per heavy atom. The van der Waals surface area contributed by atoms with E-state index >= 15 is 0 Å². The van der Waals surface area contributed by atoms with Crippen LogP contribution in [0.3, 0.4) is 0 Å². The van der Waals surface area contributed by atoms with Crippen LogP contribution in [0.15, 0.2) is 0 Å². The van der Waals surface area contributed by atoms with Crippen molar-refractivity contribution in [2.24, 2.45) is 5.92 Å². The first kappa shape index (κ1) is 10.0. The van der Waals surface area contributed by atoms with Gasteiger partial charge in [0.05, 0.1) is 13.0 Å². The van der Waals surface area contributed by atoms with Gasteiger partial charge in [0.25, 0.3) is 0 Å². The molecule has 74 valence electrons. The summed E-state index contributed by atoms with van der Waals surface area (Å²) in [6.07, 6.45) is 1.03. The molecule has 0 radical (unpaired) electrons. The van der Waals surface area contributed by atoms with Crippen LogP contribution in [0.25, 0.3) is 0 Å². The summed E-state index contributed by atoms with van der Waals surface area (Å²) in [5, 5.41) is 0. The number of rotatable bonds is 2. The SMILES string of the molecule is CCN1CCC(C(=O)OC)CC1=O. The van der Waals surface area contributed by atoms with Crippen LogP contribution in [0.2, 0.25) is 0 Å². The number of piperidine rings is 1. The molecule has 13 heavy (non-hydrogen) atoms. The number of carbonyl (C=O) groups excluding carboxylic acids is 2. The predicted octanol–water partition coefficient (Wildman–Crippen LogP) is 0.418. The molecule has 1 rings (SSSR count). The van der Waals surface area contributed by atoms with Gasteiger partial charge in [0.2, 0.25) is 5.91 Å². The molecule has 4 heteroatoms. The van der Waals surface area contributed by atoms with Crippen molar-refractivity contribution >= 4 is 11.9 Å². The molecule has 1 atom stereocenters. The lowest BCUT2D eigenvalue weighted by Crippen LogP contribution is -2.40. The standard InChI is InChI=1S/C9H15NO3/c1-3-10-5-4-7(6-8(10)11)9(12)13-2/h7H,3-6H2,1-2H3. The Morgan fingerprint density at radius 1 is 1.69 bits per heavy atom. The minimum atomic E-state index is -0.260. The third kappa shape index (κ3) is 2.20. The molecule has 4 nitrogen and oxygen atoms in total. The van der Waals surface area contributed by atoms with E-state index in [0.29, 0.717) is 13.0 Å². The van der Waals surface area contributed by atoms with Crippen LogP contribution in [0.5, 0.6) is 0 Å². The van der Waals surface area contributed by atoms with Crippen LogP contribution >= 0.6 is 0 Å². The van der Waals surface area contributed by atoms with Gasteiger partial charge in [-0.25, -0.2) is 0 Å². The molecular formula is C9H15NO3. The first-order chi connectivity index (χ1) is 6.19. The molecule has 1 saturated heterocycles. The zero-order valence-electron chi connectivity index (χ0n) is 8.08. The van der Waals surface area contributed by atoms with E-state index in [1.54, 1.807) is 4.90 Å². The summed E-state index contributed by atoms with van der Waals surface area (Å²) in [5.41, 5.74) is 0. The first-order valence-corrected chi connectivity index (χ1v) is 4.54. The molecular weight excluding hydrogens is 170 g/mol. The van der Waals surface area contributed by atoms with Crippen molar-refractivity contribution in [3.05, 3.63) is 0 Å². The molecule has 0 N–H and O–H groups in total. The Kier molecular flexibility index (Phi) is 3.28. The summed E-state index contributed by atoms with van der Waals surface area (Å²) in [4.78, 5) is 24.3. The zero-order valence-corrected chi connectivity index (χ0v) is 8.08. The second-order valence-electron chi connectivity index (χ2n) is 3.19. The minimum Gasteiger partial charge on any atom is -0.469 e. The molecule has 1 unspecified atom stereocenters. The lowest BCUT2D eigenvalue weighted by Gasteiger charge is -2.29. The van der Waals surface area contributed by atoms with Crippen molar-refractivity contribution in [1.29, 1.82) is 0 Å². The highest BCUT2D eigenvalue weighted by molar-refractivity contribution is 5.84. The summed E-state index contributed by atoms with van der Waals surface area (Å²) in [7, 11) is 1.36. The van der Waals surface area contributed by atoms with E-state index in [1.165, 1.54) is 7.11 Å². The van der Waals surface area contributed by atoms with E-state index in [-0.39, 0.29) is 17.8 Å². The van der Waals surface area contributed by atoms with Gasteiger partial charge in [0, 0.05) is 19.5 Å². The molecule has 0 bridgehead atoms. The highest BCUT2D eigenvalue weighted by atomic mass is 16.5. The lowest BCUT2D eigenvalue weighted by atomic mass is 9.96. The molecule has 0 aromatic rings. The van der Waals surface area contributed by atoms with Gasteiger partial charge in [-0.1, -0.05) is 0 Å². The van der Waals surface area contributed by atoms with E-state index in [1.807, 2.05) is 6.92 Å². The maximum absolute atomic E-state index is 11.4. The number of ether oxygens (including phenoxy) is 1. The smallest absolute Gasteiger partial charge is 0.309 e. The molecule has 0 spiro atoms. The fraction of sp³-hybridized carbons (Fsp3) is 0.778. The number of methoxy groups -OCH3 is 1. The molecule has 0 aromatic carbocycles. The molecule has 1 aliphatic rings. The summed E-state index contributed by atoms with van der Waals surface area (Å²) in [5.74, 6) is -0.423. The van der Waals surface area contributed by atoms with E-state index < -0.39 is 0 Å². The van der Waals surface area contributed by atoms with Gasteiger partial charge in [-0.15, -0.1) is 0 Å². The quantitative estimate of drug-likeness (QED) is 0.586. The van der Waals surface area contributed by atoms with Gasteiger partial charge in [0.1, 0.15) is 0 Å². The maximum Gasteiger partial charge on any atom is 0.309 e. The van der Waals surface area contributed by atoms with Crippen LogP contribution < -0.4 is 0 Å². The Morgan fingerprint density at radius 3 is 2.85 bits per heavy atom. The number of esters is 1. The molecule has 0 saturated carbocycles. The molecule has 1 amide bonds. The van der Waals surface area contributed by atoms with E-state index in [0.717, 1.165) is 13.0 Å². The van der Waals surface area contributed by atoms with Gasteiger partial charge < -0.3 is 9.64 Å². The van der Waals surface area contributed by atoms with E-state index in [2.05, 4.69) is 4.74 Å². The Bertz CT molecular complexity index is 215. The van der Waals surface area contributed by atoms with Crippen LogP contribution in [0.1, 0.15) is 19.8 Å². The van der Waals surface area contributed by atoms with Crippen LogP contribution in [0, 0.1) is 5.92 Å². The summed E-state index contributed by atoms with van der Waals surface area (Å²) >= 11 is 0. The van der Waals surface area contributed by atoms with Crippen LogP contribution in [-0.2, 0) is 14.3 Å². The number of hydrogen-bond donors (Lipinski definition) is 0. The highest BCUT2D eigenvalue weighted by Gasteiger charge is 2.29. The summed E-state index contributed by atoms with van der Waals surface area (Å²) in [6.45, 7) is 3.35. The monoisotopic (exact) mass is 185 g/mol. The normalized spacial score (nSPS) is 23.1. The van der Waals surface area contributed by atoms with Crippen molar-refractivity contribution in [2.75, 3.05) is 20.2 Å². The molecule has 1 heterocycles. The maximum atomic E-state index is 11.4. The fourth-order valence-electron chi connectivity index (χ4n) is 1.58. The van der Waals surface area contributed by atoms with Crippen molar-refractivity contribution in [3.63, 3.8) is 0 Å². The second-order valence-corrected chi connectivity index (χ2v) is 3.19. The third-order valence-corrected chi connectivity index (χ3v) is 2.44. The van der Waals surface area contributed by atoms with Crippen molar-refractivity contribution in [2.45, 2.75) is 19.8 Å². The topological polar surface area (TPSA) is 46.6 Å². The lowest BCUT2D eigenvalue weighted by molar-refractivity contribution is -0.152. The zero-order chi connectivity index (χ0) is 9.84. The van der Waals surface area contributed by atoms with Crippen molar-refractivity contribution < 1.29 is 14.3 Å². The molecule has 0 aliphatic carbocycles. The number of likely N-dealkylation sites (tertiary alicyclic amines) is 1. The van der Waals surface area contributed by atoms with Gasteiger partial charge in [-0.2, -0.15) is 0 Å². The predicted molar refractivity (Wildman–Crippen MR) is 47.0 cm³/mol. The Hall–Kier alpha value is -1.06. The Balaban J connectivity index is 2.50. The number of carbonyl (C=O) groups is 2. The van der Waals surface area contributed by atoms with Gasteiger partial charge >= 0.3 is 5.97 Å². The summed E-state index contributed by atoms with van der Waals surface area (Å²) in [6, 6.07) is 0. The van der Waals surface area contributed by atoms with Gasteiger partial charge in [-0.3, -0.25) is 9.59 Å². The molecule has 0 aromatic heterocycles. The van der Waals surface area contributed by atoms with E-state index in [9.17, 15) is 9.59 Å². The number of amides is 1.